The van der Waals surface area contributed by atoms with Crippen molar-refractivity contribution in [3.63, 3.8) is 0 Å². The number of anilines is 2. The molecule has 0 aliphatic carbocycles. The normalized spacial score (nSPS) is 10.7. The molecule has 3 aromatic rings. The second kappa shape index (κ2) is 7.76. The van der Waals surface area contributed by atoms with Gasteiger partial charge in [-0.05, 0) is 12.1 Å². The quantitative estimate of drug-likeness (QED) is 0.540. The van der Waals surface area contributed by atoms with Gasteiger partial charge in [0.2, 0.25) is 5.13 Å². The van der Waals surface area contributed by atoms with Crippen molar-refractivity contribution in [2.75, 3.05) is 24.4 Å². The van der Waals surface area contributed by atoms with Crippen molar-refractivity contribution in [2.24, 2.45) is 5.10 Å². The smallest absolute Gasteiger partial charge is 0.203 e. The average molecular weight is 365 g/mol. The lowest BCUT2D eigenvalue weighted by atomic mass is 10.1. The number of nitrogens with one attached hydrogen (secondary N) is 1. The first-order valence-corrected chi connectivity index (χ1v) is 8.68. The third-order valence-corrected chi connectivity index (χ3v) is 4.43. The molecule has 1 heterocycles. The molecule has 26 heavy (non-hydrogen) atoms. The summed E-state index contributed by atoms with van der Waals surface area (Å²) in [5, 5.41) is 15.8. The monoisotopic (exact) mass is 365 g/mol. The summed E-state index contributed by atoms with van der Waals surface area (Å²) in [6.07, 6.45) is 1.35. The van der Waals surface area contributed by atoms with Crippen LogP contribution in [-0.2, 0) is 0 Å². The molecule has 0 spiro atoms. The SMILES string of the molecule is CN(C)c1ccc(C=NNc2nc(-c3ccccc3)cs2)c(F)c1C#N. The number of nitrogens with zero attached hydrogens (tertiary/aromatic N) is 4. The number of hydrazone groups is 1. The number of thiazole rings is 1. The third-order valence-electron chi connectivity index (χ3n) is 3.68. The maximum atomic E-state index is 14.5. The molecule has 5 nitrogen and oxygen atoms in total. The molecular weight excluding hydrogens is 349 g/mol. The number of hydrogen-bond donors (Lipinski definition) is 1. The van der Waals surface area contributed by atoms with Gasteiger partial charge >= 0.3 is 0 Å². The zero-order chi connectivity index (χ0) is 18.5. The van der Waals surface area contributed by atoms with E-state index in [2.05, 4.69) is 15.5 Å². The molecule has 3 rings (SSSR count). The summed E-state index contributed by atoms with van der Waals surface area (Å²) in [7, 11) is 3.52. The summed E-state index contributed by atoms with van der Waals surface area (Å²) < 4.78 is 14.5. The molecule has 0 saturated carbocycles. The van der Waals surface area contributed by atoms with Crippen LogP contribution in [0.4, 0.5) is 15.2 Å². The Hall–Kier alpha value is -3.24. The van der Waals surface area contributed by atoms with Crippen molar-refractivity contribution >= 4 is 28.4 Å². The molecule has 0 amide bonds. The van der Waals surface area contributed by atoms with E-state index in [1.807, 2.05) is 41.8 Å². The lowest BCUT2D eigenvalue weighted by Crippen LogP contribution is -2.12. The molecule has 7 heteroatoms. The van der Waals surface area contributed by atoms with Crippen LogP contribution < -0.4 is 10.3 Å². The Labute approximate surface area is 155 Å². The standard InChI is InChI=1S/C19H16FN5S/c1-25(2)17-9-8-14(18(20)15(17)10-21)11-22-24-19-23-16(12-26-19)13-6-4-3-5-7-13/h3-9,11-12H,1-2H3,(H,23,24). The highest BCUT2D eigenvalue weighted by atomic mass is 32.1. The predicted octanol–water partition coefficient (Wildman–Crippen LogP) is 4.33. The molecule has 2 aromatic carbocycles. The molecular formula is C19H16FN5S. The molecule has 0 saturated heterocycles. The maximum Gasteiger partial charge on any atom is 0.203 e. The summed E-state index contributed by atoms with van der Waals surface area (Å²) >= 11 is 1.41. The molecule has 0 bridgehead atoms. The minimum Gasteiger partial charge on any atom is -0.377 e. The van der Waals surface area contributed by atoms with Crippen molar-refractivity contribution in [1.82, 2.24) is 4.98 Å². The Morgan fingerprint density at radius 1 is 1.23 bits per heavy atom. The highest BCUT2D eigenvalue weighted by Crippen LogP contribution is 2.25. The Kier molecular flexibility index (Phi) is 5.25. The molecule has 130 valence electrons. The van der Waals surface area contributed by atoms with E-state index < -0.39 is 5.82 Å². The Bertz CT molecular complexity index is 973. The Morgan fingerprint density at radius 2 is 2.00 bits per heavy atom. The Balaban J connectivity index is 1.76. The van der Waals surface area contributed by atoms with Gasteiger partial charge in [0.25, 0.3) is 0 Å². The van der Waals surface area contributed by atoms with Gasteiger partial charge < -0.3 is 4.90 Å². The summed E-state index contributed by atoms with van der Waals surface area (Å²) in [6, 6.07) is 15.0. The van der Waals surface area contributed by atoms with Crippen LogP contribution in [0.5, 0.6) is 0 Å². The van der Waals surface area contributed by atoms with Gasteiger partial charge in [-0.25, -0.2) is 9.37 Å². The fourth-order valence-corrected chi connectivity index (χ4v) is 3.05. The summed E-state index contributed by atoms with van der Waals surface area (Å²) in [5.74, 6) is -0.589. The van der Waals surface area contributed by atoms with Crippen LogP contribution in [0.15, 0.2) is 52.9 Å². The number of aromatic nitrogens is 1. The van der Waals surface area contributed by atoms with E-state index in [0.29, 0.717) is 10.8 Å². The van der Waals surface area contributed by atoms with Crippen molar-refractivity contribution in [1.29, 1.82) is 5.26 Å². The van der Waals surface area contributed by atoms with E-state index in [4.69, 9.17) is 0 Å². The Morgan fingerprint density at radius 3 is 2.69 bits per heavy atom. The minimum atomic E-state index is -0.589. The van der Waals surface area contributed by atoms with E-state index in [-0.39, 0.29) is 11.1 Å². The van der Waals surface area contributed by atoms with Crippen molar-refractivity contribution < 1.29 is 4.39 Å². The number of hydrogen-bond acceptors (Lipinski definition) is 6. The van der Waals surface area contributed by atoms with Gasteiger partial charge in [0.15, 0.2) is 5.82 Å². The topological polar surface area (TPSA) is 64.3 Å². The number of benzene rings is 2. The van der Waals surface area contributed by atoms with E-state index in [9.17, 15) is 9.65 Å². The van der Waals surface area contributed by atoms with E-state index in [0.717, 1.165) is 11.3 Å². The van der Waals surface area contributed by atoms with Crippen LogP contribution in [-0.4, -0.2) is 25.3 Å². The summed E-state index contributed by atoms with van der Waals surface area (Å²) in [6.45, 7) is 0. The highest BCUT2D eigenvalue weighted by Gasteiger charge is 2.13. The number of rotatable bonds is 5. The van der Waals surface area contributed by atoms with Crippen LogP contribution in [0.2, 0.25) is 0 Å². The minimum absolute atomic E-state index is 0.000405. The fraction of sp³-hybridized carbons (Fsp3) is 0.105. The molecule has 0 aliphatic heterocycles. The number of halogens is 1. The van der Waals surface area contributed by atoms with Gasteiger partial charge in [-0.15, -0.1) is 11.3 Å². The zero-order valence-corrected chi connectivity index (χ0v) is 15.1. The first kappa shape index (κ1) is 17.6. The van der Waals surface area contributed by atoms with Crippen molar-refractivity contribution in [3.05, 3.63) is 64.8 Å². The number of nitriles is 1. The van der Waals surface area contributed by atoms with Gasteiger partial charge in [0.05, 0.1) is 17.6 Å². The molecule has 0 atom stereocenters. The molecule has 0 aliphatic rings. The summed E-state index contributed by atoms with van der Waals surface area (Å²) in [5.41, 5.74) is 5.43. The van der Waals surface area contributed by atoms with Gasteiger partial charge in [0.1, 0.15) is 11.6 Å². The van der Waals surface area contributed by atoms with Crippen LogP contribution in [0, 0.1) is 17.1 Å². The molecule has 0 fully saturated rings. The van der Waals surface area contributed by atoms with Crippen LogP contribution in [0.3, 0.4) is 0 Å². The van der Waals surface area contributed by atoms with E-state index in [1.165, 1.54) is 17.6 Å². The average Bonchev–Trinajstić information content (AvgIpc) is 3.12. The third kappa shape index (κ3) is 3.71. The van der Waals surface area contributed by atoms with Gasteiger partial charge in [-0.2, -0.15) is 10.4 Å². The zero-order valence-electron chi connectivity index (χ0n) is 14.3. The maximum absolute atomic E-state index is 14.5. The molecule has 1 N–H and O–H groups in total. The molecule has 1 aromatic heterocycles. The van der Waals surface area contributed by atoms with Crippen molar-refractivity contribution in [2.45, 2.75) is 0 Å². The van der Waals surface area contributed by atoms with Crippen LogP contribution in [0.25, 0.3) is 11.3 Å². The van der Waals surface area contributed by atoms with Gasteiger partial charge in [0, 0.05) is 30.6 Å². The molecule has 0 radical (unpaired) electrons. The second-order valence-electron chi connectivity index (χ2n) is 5.64. The van der Waals surface area contributed by atoms with Gasteiger partial charge in [-0.1, -0.05) is 30.3 Å². The lowest BCUT2D eigenvalue weighted by Gasteiger charge is -2.15. The fourth-order valence-electron chi connectivity index (χ4n) is 2.38. The lowest BCUT2D eigenvalue weighted by molar-refractivity contribution is 0.622. The predicted molar refractivity (Wildman–Crippen MR) is 104 cm³/mol. The van der Waals surface area contributed by atoms with Crippen molar-refractivity contribution in [3.8, 4) is 17.3 Å². The summed E-state index contributed by atoms with van der Waals surface area (Å²) in [4.78, 5) is 6.14. The van der Waals surface area contributed by atoms with E-state index in [1.54, 1.807) is 31.1 Å². The highest BCUT2D eigenvalue weighted by molar-refractivity contribution is 7.14. The van der Waals surface area contributed by atoms with Gasteiger partial charge in [-0.3, -0.25) is 5.43 Å². The molecule has 0 unspecified atom stereocenters. The van der Waals surface area contributed by atoms with E-state index >= 15 is 0 Å². The van der Waals surface area contributed by atoms with Crippen LogP contribution >= 0.6 is 11.3 Å². The van der Waals surface area contributed by atoms with Crippen LogP contribution in [0.1, 0.15) is 11.1 Å². The largest absolute Gasteiger partial charge is 0.377 e. The first-order valence-electron chi connectivity index (χ1n) is 7.80. The first-order chi connectivity index (χ1) is 12.6. The second-order valence-corrected chi connectivity index (χ2v) is 6.50.